The number of ketones is 1. The molecule has 0 aromatic heterocycles. The van der Waals surface area contributed by atoms with E-state index in [0.717, 1.165) is 5.56 Å². The number of ether oxygens (including phenoxy) is 4. The van der Waals surface area contributed by atoms with Crippen molar-refractivity contribution in [2.24, 2.45) is 0 Å². The number of benzene rings is 1. The summed E-state index contributed by atoms with van der Waals surface area (Å²) in [7, 11) is 2.91. The molecule has 1 aromatic carbocycles. The van der Waals surface area contributed by atoms with Crippen LogP contribution in [0.5, 0.6) is 0 Å². The van der Waals surface area contributed by atoms with Gasteiger partial charge in [0.15, 0.2) is 11.4 Å². The van der Waals surface area contributed by atoms with Gasteiger partial charge in [-0.25, -0.2) is 0 Å². The average molecular weight is 304 g/mol. The zero-order chi connectivity index (χ0) is 15.6. The Morgan fingerprint density at radius 1 is 1.23 bits per heavy atom. The Hall–Kier alpha value is -1.53. The molecule has 2 atom stereocenters. The van der Waals surface area contributed by atoms with E-state index in [1.54, 1.807) is 0 Å². The number of Topliss-reactive ketones (excluding diaryl/α,β-unsaturated/α-hetero) is 1. The average Bonchev–Trinajstić information content (AvgIpc) is 2.90. The third-order valence-corrected chi connectivity index (χ3v) is 4.26. The topological polar surface area (TPSA) is 54.0 Å². The van der Waals surface area contributed by atoms with Crippen LogP contribution in [0.2, 0.25) is 0 Å². The normalized spacial score (nSPS) is 29.0. The highest BCUT2D eigenvalue weighted by molar-refractivity contribution is 5.90. The van der Waals surface area contributed by atoms with Crippen LogP contribution in [0.15, 0.2) is 42.5 Å². The molecule has 0 amide bonds. The third-order valence-electron chi connectivity index (χ3n) is 4.26. The highest BCUT2D eigenvalue weighted by Crippen LogP contribution is 2.44. The van der Waals surface area contributed by atoms with Crippen molar-refractivity contribution in [2.45, 2.75) is 30.5 Å². The second-order valence-electron chi connectivity index (χ2n) is 5.54. The van der Waals surface area contributed by atoms with Crippen LogP contribution >= 0.6 is 0 Å². The van der Waals surface area contributed by atoms with Crippen molar-refractivity contribution in [1.82, 2.24) is 0 Å². The van der Waals surface area contributed by atoms with Gasteiger partial charge in [0, 0.05) is 20.6 Å². The molecule has 0 spiro atoms. The lowest BCUT2D eigenvalue weighted by molar-refractivity contribution is -0.304. The van der Waals surface area contributed by atoms with Crippen LogP contribution in [0.25, 0.3) is 0 Å². The van der Waals surface area contributed by atoms with E-state index in [2.05, 4.69) is 0 Å². The quantitative estimate of drug-likeness (QED) is 0.593. The summed E-state index contributed by atoms with van der Waals surface area (Å²) < 4.78 is 22.7. The van der Waals surface area contributed by atoms with Crippen LogP contribution in [0, 0.1) is 0 Å². The second-order valence-corrected chi connectivity index (χ2v) is 5.54. The number of fused-ring (bicyclic) bond motifs is 2. The lowest BCUT2D eigenvalue weighted by Gasteiger charge is -2.46. The fourth-order valence-corrected chi connectivity index (χ4v) is 3.19. The van der Waals surface area contributed by atoms with Crippen LogP contribution < -0.4 is 0 Å². The minimum atomic E-state index is -1.45. The molecule has 5 nitrogen and oxygen atoms in total. The molecule has 0 aliphatic carbocycles. The van der Waals surface area contributed by atoms with Gasteiger partial charge in [0.25, 0.3) is 5.79 Å². The molecule has 2 aliphatic rings. The maximum absolute atomic E-state index is 12.5. The molecule has 1 aromatic rings. The third kappa shape index (κ3) is 2.30. The van der Waals surface area contributed by atoms with Crippen molar-refractivity contribution in [3.05, 3.63) is 48.0 Å². The van der Waals surface area contributed by atoms with E-state index in [1.807, 2.05) is 42.5 Å². The number of carbonyl (C=O) groups is 1. The Labute approximate surface area is 129 Å². The van der Waals surface area contributed by atoms with E-state index in [9.17, 15) is 4.79 Å². The molecule has 2 heterocycles. The lowest BCUT2D eigenvalue weighted by Crippen LogP contribution is -2.66. The molecule has 22 heavy (non-hydrogen) atoms. The van der Waals surface area contributed by atoms with Gasteiger partial charge >= 0.3 is 0 Å². The van der Waals surface area contributed by atoms with Gasteiger partial charge in [0.2, 0.25) is 0 Å². The van der Waals surface area contributed by atoms with E-state index >= 15 is 0 Å². The first kappa shape index (κ1) is 15.4. The molecule has 3 rings (SSSR count). The fraction of sp³-hybridized carbons (Fsp3) is 0.471. The van der Waals surface area contributed by atoms with Gasteiger partial charge in [-0.1, -0.05) is 36.4 Å². The van der Waals surface area contributed by atoms with E-state index in [0.29, 0.717) is 6.61 Å². The Bertz CT molecular complexity index is 564. The predicted molar refractivity (Wildman–Crippen MR) is 79.2 cm³/mol. The molecular weight excluding hydrogens is 284 g/mol. The molecule has 118 valence electrons. The maximum atomic E-state index is 12.5. The smallest absolute Gasteiger partial charge is 0.264 e. The molecule has 1 saturated heterocycles. The number of hydrogen-bond donors (Lipinski definition) is 0. The van der Waals surface area contributed by atoms with Crippen LogP contribution in [-0.4, -0.2) is 44.1 Å². The van der Waals surface area contributed by atoms with E-state index < -0.39 is 11.4 Å². The summed E-state index contributed by atoms with van der Waals surface area (Å²) in [6, 6.07) is 9.83. The van der Waals surface area contributed by atoms with Gasteiger partial charge in [-0.05, 0) is 11.6 Å². The Kier molecular flexibility index (Phi) is 4.14. The van der Waals surface area contributed by atoms with Gasteiger partial charge in [0.05, 0.1) is 19.3 Å². The van der Waals surface area contributed by atoms with Gasteiger partial charge in [-0.3, -0.25) is 4.79 Å². The summed E-state index contributed by atoms with van der Waals surface area (Å²) in [5, 5.41) is 0. The van der Waals surface area contributed by atoms with Crippen LogP contribution in [0.4, 0.5) is 0 Å². The van der Waals surface area contributed by atoms with Crippen molar-refractivity contribution in [2.75, 3.05) is 20.8 Å². The Morgan fingerprint density at radius 3 is 2.64 bits per heavy atom. The monoisotopic (exact) mass is 304 g/mol. The first-order valence-electron chi connectivity index (χ1n) is 7.28. The predicted octanol–water partition coefficient (Wildman–Crippen LogP) is 1.86. The first-order valence-corrected chi connectivity index (χ1v) is 7.28. The van der Waals surface area contributed by atoms with Crippen molar-refractivity contribution in [3.8, 4) is 0 Å². The molecular formula is C17H20O5. The molecule has 2 unspecified atom stereocenters. The number of methoxy groups -OCH3 is 2. The molecule has 0 radical (unpaired) electrons. The van der Waals surface area contributed by atoms with Crippen molar-refractivity contribution < 1.29 is 23.7 Å². The van der Waals surface area contributed by atoms with Crippen molar-refractivity contribution in [1.29, 1.82) is 0 Å². The summed E-state index contributed by atoms with van der Waals surface area (Å²) in [5.41, 5.74) is 0.0191. The summed E-state index contributed by atoms with van der Waals surface area (Å²) in [4.78, 5) is 12.5. The molecule has 5 heteroatoms. The fourth-order valence-electron chi connectivity index (χ4n) is 3.19. The van der Waals surface area contributed by atoms with E-state index in [4.69, 9.17) is 18.9 Å². The van der Waals surface area contributed by atoms with Crippen LogP contribution in [0.3, 0.4) is 0 Å². The molecule has 0 saturated carbocycles. The molecule has 0 N–H and O–H groups in total. The zero-order valence-corrected chi connectivity index (χ0v) is 12.8. The molecule has 1 fully saturated rings. The Morgan fingerprint density at radius 2 is 1.95 bits per heavy atom. The number of carbonyl (C=O) groups excluding carboxylic acids is 1. The minimum Gasteiger partial charge on any atom is -0.373 e. The standard InChI is InChI=1S/C17H20O5/c1-19-17(20-2)15(18)10-14-8-9-16(17,22-14)12-21-11-13-6-4-3-5-7-13/h3-9,14H,10-12H2,1-2H3. The summed E-state index contributed by atoms with van der Waals surface area (Å²) in [6.07, 6.45) is 3.73. The van der Waals surface area contributed by atoms with Crippen LogP contribution in [0.1, 0.15) is 12.0 Å². The largest absolute Gasteiger partial charge is 0.373 e. The van der Waals surface area contributed by atoms with E-state index in [1.165, 1.54) is 14.2 Å². The Balaban J connectivity index is 1.77. The highest BCUT2D eigenvalue weighted by Gasteiger charge is 2.64. The lowest BCUT2D eigenvalue weighted by atomic mass is 9.87. The van der Waals surface area contributed by atoms with Crippen molar-refractivity contribution in [3.63, 3.8) is 0 Å². The van der Waals surface area contributed by atoms with E-state index in [-0.39, 0.29) is 24.9 Å². The number of rotatable bonds is 6. The minimum absolute atomic E-state index is 0.123. The van der Waals surface area contributed by atoms with Gasteiger partial charge in [-0.15, -0.1) is 0 Å². The SMILES string of the molecule is COC1(OC)C(=O)CC2C=CC1(COCc1ccccc1)O2. The van der Waals surface area contributed by atoms with Gasteiger partial charge < -0.3 is 18.9 Å². The zero-order valence-electron chi connectivity index (χ0n) is 12.8. The van der Waals surface area contributed by atoms with Gasteiger partial charge in [0.1, 0.15) is 0 Å². The van der Waals surface area contributed by atoms with Crippen LogP contribution in [-0.2, 0) is 30.3 Å². The maximum Gasteiger partial charge on any atom is 0.264 e. The molecule has 2 bridgehead atoms. The second kappa shape index (κ2) is 5.93. The highest BCUT2D eigenvalue weighted by atomic mass is 16.7. The molecule has 2 aliphatic heterocycles. The number of hydrogen-bond acceptors (Lipinski definition) is 5. The summed E-state index contributed by atoms with van der Waals surface area (Å²) in [5.74, 6) is -1.57. The van der Waals surface area contributed by atoms with Gasteiger partial charge in [-0.2, -0.15) is 0 Å². The summed E-state index contributed by atoms with van der Waals surface area (Å²) >= 11 is 0. The summed E-state index contributed by atoms with van der Waals surface area (Å²) in [6.45, 7) is 0.616. The van der Waals surface area contributed by atoms with Crippen molar-refractivity contribution >= 4 is 5.78 Å². The first-order chi connectivity index (χ1) is 10.7.